The summed E-state index contributed by atoms with van der Waals surface area (Å²) in [7, 11) is 1.49. The number of aromatic amines is 1. The van der Waals surface area contributed by atoms with Crippen molar-refractivity contribution in [2.45, 2.75) is 182 Å². The average molecular weight is 1640 g/mol. The lowest BCUT2D eigenvalue weighted by Gasteiger charge is -2.29. The van der Waals surface area contributed by atoms with Gasteiger partial charge >= 0.3 is 5.97 Å². The number of aromatic nitrogens is 1. The Morgan fingerprint density at radius 3 is 1.30 bits per heavy atom. The predicted molar refractivity (Wildman–Crippen MR) is 425 cm³/mol. The zero-order chi connectivity index (χ0) is 84.3. The van der Waals surface area contributed by atoms with Crippen LogP contribution in [0, 0.1) is 0 Å². The van der Waals surface area contributed by atoms with E-state index in [2.05, 4.69) is 74.1 Å². The van der Waals surface area contributed by atoms with Crippen LogP contribution in [0.25, 0.3) is 10.9 Å². The minimum absolute atomic E-state index is 0.104. The summed E-state index contributed by atoms with van der Waals surface area (Å²) in [5.74, 6) is -17.7. The standard InChI is InChI=1S/C76H104N18O19S2/c1-41(79)64(100)82-37-61(99)83-58-39-114-115-40-59(76(112)113)92-72(108)57(38-95)91-75(111)63(43(3)97)94-71(107)54(33-46-23-11-6-12-24-46)90-74(110)62(42(2)96)93-66(102)51(28-16-18-30-78)84-69(105)55(34-47-36-81-49-26-14-13-25-48(47)49)88-68(104)53(32-45-21-9-5-10-22-45)86-67(103)52(31-44-19-7-4-8-20-44)87-70(106)56(35-60(80)98)89-65(101)50(85-73(58)109)27-15-17-29-77/h4-14,19-26,36,41-43,50-59,62-63,81,95-97H,15-18,27-35,37-40,77-79H2,1-3H3,(H2,80,98)(H,82,100)(H,83,99)(H,84,105)(H,85,109)(H,86,103)(H,87,106)(H,88,104)(H,89,101)(H,90,110)(H,91,111)(H,92,108)(H,93,102)(H,94,107)(H,112,113)/t41-,42?,43+,50-,51-,52-,53-,54-,55-,56-,57-,58+,59+,62-,63-/m0/s1. The van der Waals surface area contributed by atoms with Crippen molar-refractivity contribution < 1.29 is 92.3 Å². The van der Waals surface area contributed by atoms with E-state index in [1.807, 2.05) is 0 Å². The molecule has 1 aliphatic rings. The van der Waals surface area contributed by atoms with Crippen LogP contribution >= 0.6 is 21.6 Å². The number of aliphatic hydroxyl groups excluding tert-OH is 3. The summed E-state index contributed by atoms with van der Waals surface area (Å²) in [6, 6.07) is 9.57. The maximum absolute atomic E-state index is 15.4. The van der Waals surface area contributed by atoms with E-state index in [0.717, 1.165) is 35.4 Å². The molecule has 0 spiro atoms. The summed E-state index contributed by atoms with van der Waals surface area (Å²) in [5.41, 5.74) is 25.6. The lowest BCUT2D eigenvalue weighted by molar-refractivity contribution is -0.142. The number of fused-ring (bicyclic) bond motifs is 1. The third-order valence-electron chi connectivity index (χ3n) is 18.3. The molecule has 37 nitrogen and oxygen atoms in total. The van der Waals surface area contributed by atoms with Gasteiger partial charge in [-0.1, -0.05) is 131 Å². The number of carbonyl (C=O) groups excluding carboxylic acids is 14. The van der Waals surface area contributed by atoms with Crippen molar-refractivity contribution in [3.8, 4) is 0 Å². The van der Waals surface area contributed by atoms with Crippen molar-refractivity contribution in [3.05, 3.63) is 144 Å². The first-order valence-electron chi connectivity index (χ1n) is 37.4. The molecule has 5 aromatic rings. The van der Waals surface area contributed by atoms with Crippen LogP contribution in [0.15, 0.2) is 121 Å². The van der Waals surface area contributed by atoms with Gasteiger partial charge in [0, 0.05) is 54.3 Å². The van der Waals surface area contributed by atoms with Crippen LogP contribution in [-0.2, 0) is 97.6 Å². The van der Waals surface area contributed by atoms with Gasteiger partial charge in [0.25, 0.3) is 0 Å². The van der Waals surface area contributed by atoms with Gasteiger partial charge in [-0.15, -0.1) is 0 Å². The van der Waals surface area contributed by atoms with E-state index in [1.165, 1.54) is 6.92 Å². The second kappa shape index (κ2) is 47.6. The van der Waals surface area contributed by atoms with Crippen molar-refractivity contribution in [2.24, 2.45) is 22.9 Å². The Balaban J connectivity index is 1.47. The fraction of sp³-hybridized carbons (Fsp3) is 0.461. The van der Waals surface area contributed by atoms with E-state index < -0.39 is 210 Å². The normalized spacial score (nSPS) is 23.7. The molecule has 2 heterocycles. The van der Waals surface area contributed by atoms with Crippen LogP contribution in [-0.4, -0.2) is 243 Å². The van der Waals surface area contributed by atoms with Gasteiger partial charge in [-0.25, -0.2) is 4.79 Å². The lowest BCUT2D eigenvalue weighted by Crippen LogP contribution is -2.63. The molecule has 115 heavy (non-hydrogen) atoms. The summed E-state index contributed by atoms with van der Waals surface area (Å²) < 4.78 is 0. The second-order valence-corrected chi connectivity index (χ2v) is 30.1. The average Bonchev–Trinajstić information content (AvgIpc) is 1.81. The number of carboxylic acids is 1. The molecular formula is C76H104N18O19S2. The van der Waals surface area contributed by atoms with Gasteiger partial charge in [0.05, 0.1) is 37.8 Å². The minimum Gasteiger partial charge on any atom is -0.480 e. The molecule has 0 aliphatic carbocycles. The van der Waals surface area contributed by atoms with Gasteiger partial charge in [0.1, 0.15) is 72.5 Å². The van der Waals surface area contributed by atoms with E-state index in [-0.39, 0.29) is 70.9 Å². The van der Waals surface area contributed by atoms with E-state index in [4.69, 9.17) is 22.9 Å². The van der Waals surface area contributed by atoms with Crippen molar-refractivity contribution in [1.29, 1.82) is 0 Å². The first-order valence-corrected chi connectivity index (χ1v) is 39.8. The number of aliphatic carboxylic acids is 1. The highest BCUT2D eigenvalue weighted by Gasteiger charge is 2.40. The Hall–Kier alpha value is -11.1. The van der Waals surface area contributed by atoms with E-state index >= 15 is 14.4 Å². The number of carboxylic acid groups (broad SMARTS) is 1. The number of primary amides is 1. The molecule has 0 radical (unpaired) electrons. The van der Waals surface area contributed by atoms with Crippen LogP contribution in [0.5, 0.6) is 0 Å². The maximum atomic E-state index is 15.4. The second-order valence-electron chi connectivity index (χ2n) is 27.6. The highest BCUT2D eigenvalue weighted by atomic mass is 33.1. The number of carbonyl (C=O) groups is 15. The van der Waals surface area contributed by atoms with Gasteiger partial charge in [0.2, 0.25) is 82.7 Å². The molecule has 0 bridgehead atoms. The zero-order valence-corrected chi connectivity index (χ0v) is 65.4. The van der Waals surface area contributed by atoms with Crippen molar-refractivity contribution in [1.82, 2.24) is 74.1 Å². The first kappa shape index (κ1) is 92.8. The Morgan fingerprint density at radius 1 is 0.470 bits per heavy atom. The van der Waals surface area contributed by atoms with E-state index in [0.29, 0.717) is 39.6 Å². The number of hydrogen-bond donors (Lipinski definition) is 22. The monoisotopic (exact) mass is 1640 g/mol. The number of rotatable bonds is 26. The topological polar surface area (TPSA) is 613 Å². The van der Waals surface area contributed by atoms with Crippen molar-refractivity contribution in [3.63, 3.8) is 0 Å². The number of aliphatic hydroxyl groups is 3. The van der Waals surface area contributed by atoms with Crippen LogP contribution in [0.1, 0.15) is 88.0 Å². The quantitative estimate of drug-likeness (QED) is 0.0182. The van der Waals surface area contributed by atoms with E-state index in [1.54, 1.807) is 121 Å². The Labute approximate surface area is 670 Å². The molecule has 1 saturated heterocycles. The number of amides is 14. The fourth-order valence-corrected chi connectivity index (χ4v) is 14.3. The number of unbranched alkanes of at least 4 members (excludes halogenated alkanes) is 2. The summed E-state index contributed by atoms with van der Waals surface area (Å²) in [4.78, 5) is 217. The van der Waals surface area contributed by atoms with Gasteiger partial charge in [-0.2, -0.15) is 0 Å². The maximum Gasteiger partial charge on any atom is 0.327 e. The molecule has 1 aliphatic heterocycles. The SMILES string of the molecule is CC(O)[C@@H]1NC(=O)[C@H](CCCCN)NC(=O)[C@H](Cc2c[nH]c3ccccc23)NC(=O)[C@H](Cc2ccccc2)NC(=O)[C@H](Cc2ccccc2)NC(=O)[C@H](CC(N)=O)NC(=O)[C@H](CCCCN)NC(=O)[C@H](NC(=O)CNC(=O)[C@H](C)N)CSSC[C@H](C(=O)O)NC(=O)[C@H](CO)NC(=O)[C@H]([C@@H](C)O)NC(=O)[C@H](Cc2ccccc2)NC1=O. The van der Waals surface area contributed by atoms with Crippen molar-refractivity contribution in [2.75, 3.05) is 37.7 Å². The van der Waals surface area contributed by atoms with Crippen LogP contribution < -0.4 is 92.1 Å². The van der Waals surface area contributed by atoms with Crippen molar-refractivity contribution >= 4 is 121 Å². The third kappa shape index (κ3) is 30.7. The minimum atomic E-state index is -1.99. The number of H-pyrrole nitrogens is 1. The Morgan fingerprint density at radius 2 is 0.852 bits per heavy atom. The third-order valence-corrected chi connectivity index (χ3v) is 20.7. The molecule has 39 heteroatoms. The molecular weight excluding hydrogens is 1530 g/mol. The summed E-state index contributed by atoms with van der Waals surface area (Å²) in [6.07, 6.45) is -3.48. The zero-order valence-electron chi connectivity index (χ0n) is 63.8. The molecule has 0 saturated carbocycles. The van der Waals surface area contributed by atoms with Gasteiger partial charge in [0.15, 0.2) is 0 Å². The fourth-order valence-electron chi connectivity index (χ4n) is 11.9. The molecule has 6 rings (SSSR count). The smallest absolute Gasteiger partial charge is 0.327 e. The highest BCUT2D eigenvalue weighted by molar-refractivity contribution is 8.76. The lowest BCUT2D eigenvalue weighted by atomic mass is 10.00. The number of nitrogens with one attached hydrogen (secondary N) is 14. The van der Waals surface area contributed by atoms with Gasteiger partial charge in [-0.3, -0.25) is 67.1 Å². The van der Waals surface area contributed by atoms with E-state index in [9.17, 15) is 78.0 Å². The first-order chi connectivity index (χ1) is 54.9. The Kier molecular flexibility index (Phi) is 38.4. The molecule has 1 aromatic heterocycles. The molecule has 1 fully saturated rings. The van der Waals surface area contributed by atoms with Crippen LogP contribution in [0.3, 0.4) is 0 Å². The summed E-state index contributed by atoms with van der Waals surface area (Å²) in [6.45, 7) is 1.88. The largest absolute Gasteiger partial charge is 0.480 e. The molecule has 15 atom stereocenters. The number of hydrogen-bond acceptors (Lipinski definition) is 23. The van der Waals surface area contributed by atoms with Crippen LogP contribution in [0.2, 0.25) is 0 Å². The highest BCUT2D eigenvalue weighted by Crippen LogP contribution is 2.25. The Bertz CT molecular complexity index is 4130. The molecule has 1 unspecified atom stereocenters. The predicted octanol–water partition coefficient (Wildman–Crippen LogP) is -4.91. The van der Waals surface area contributed by atoms with Gasteiger partial charge < -0.3 is 117 Å². The molecule has 26 N–H and O–H groups in total. The molecule has 624 valence electrons. The number of nitrogens with two attached hydrogens (primary N) is 4. The number of benzene rings is 4. The summed E-state index contributed by atoms with van der Waals surface area (Å²) in [5, 5.41) is 76.1. The molecule has 4 aromatic carbocycles. The van der Waals surface area contributed by atoms with Crippen LogP contribution in [0.4, 0.5) is 0 Å². The summed E-state index contributed by atoms with van der Waals surface area (Å²) >= 11 is 0. The number of para-hydroxylation sites is 1. The van der Waals surface area contributed by atoms with Gasteiger partial charge in [-0.05, 0) is 101 Å². The molecule has 14 amide bonds.